The Kier molecular flexibility index (Phi) is 9.31. The largest absolute Gasteiger partial charge is 0.495 e. The number of nitrogens with one attached hydrogen (secondary N) is 1. The zero-order valence-electron chi connectivity index (χ0n) is 14.9. The van der Waals surface area contributed by atoms with Gasteiger partial charge < -0.3 is 20.7 Å². The predicted octanol–water partition coefficient (Wildman–Crippen LogP) is 3.40. The number of carbonyl (C=O) groups is 1. The van der Waals surface area contributed by atoms with Crippen molar-refractivity contribution in [3.05, 3.63) is 23.2 Å². The molecular weight excluding hydrogens is 397 g/mol. The Labute approximate surface area is 172 Å². The number of carbonyl (C=O) groups excluding carboxylic acids is 1. The van der Waals surface area contributed by atoms with Gasteiger partial charge in [-0.15, -0.1) is 24.8 Å². The summed E-state index contributed by atoms with van der Waals surface area (Å²) in [7, 11) is 1.66. The summed E-state index contributed by atoms with van der Waals surface area (Å²) in [6.45, 7) is 1.66. The Morgan fingerprint density at radius 1 is 1.31 bits per heavy atom. The normalized spacial score (nSPS) is 25.0. The highest BCUT2D eigenvalue weighted by Crippen LogP contribution is 2.33. The third kappa shape index (κ3) is 5.56. The van der Waals surface area contributed by atoms with Gasteiger partial charge in [-0.1, -0.05) is 18.0 Å². The molecule has 148 valence electrons. The van der Waals surface area contributed by atoms with Crippen LogP contribution in [0.2, 0.25) is 5.02 Å². The topological polar surface area (TPSA) is 67.6 Å². The molecule has 0 radical (unpaired) electrons. The number of amides is 1. The van der Waals surface area contributed by atoms with Crippen LogP contribution in [0, 0.1) is 5.92 Å². The van der Waals surface area contributed by atoms with E-state index in [-0.39, 0.29) is 48.7 Å². The summed E-state index contributed by atoms with van der Waals surface area (Å²) in [5.74, 6) is 1.04. The van der Waals surface area contributed by atoms with Crippen molar-refractivity contribution in [3.63, 3.8) is 0 Å². The fraction of sp³-hybridized carbons (Fsp3) is 0.611. The first-order valence-corrected chi connectivity index (χ1v) is 9.09. The summed E-state index contributed by atoms with van der Waals surface area (Å²) < 4.78 is 5.43. The maximum atomic E-state index is 12.5. The van der Waals surface area contributed by atoms with E-state index in [9.17, 15) is 4.79 Å². The molecule has 1 aliphatic carbocycles. The number of rotatable bonds is 4. The number of nitrogens with zero attached hydrogens (tertiary/aromatic N) is 1. The monoisotopic (exact) mass is 423 g/mol. The van der Waals surface area contributed by atoms with Crippen LogP contribution in [0.3, 0.4) is 0 Å². The van der Waals surface area contributed by atoms with E-state index in [1.807, 2.05) is 18.2 Å². The first kappa shape index (κ1) is 23.2. The smallest absolute Gasteiger partial charge is 0.223 e. The second kappa shape index (κ2) is 10.5. The molecule has 1 saturated heterocycles. The molecule has 1 aromatic carbocycles. The average Bonchev–Trinajstić information content (AvgIpc) is 3.03. The van der Waals surface area contributed by atoms with Gasteiger partial charge in [0.25, 0.3) is 0 Å². The zero-order chi connectivity index (χ0) is 17.1. The van der Waals surface area contributed by atoms with Gasteiger partial charge in [-0.2, -0.15) is 0 Å². The third-order valence-electron chi connectivity index (χ3n) is 5.10. The SMILES string of the molecule is COc1ccc(Cl)cc1N1CCC(NC(=O)C2CCCC(N)C2)C1.Cl.Cl. The molecule has 1 saturated carbocycles. The minimum atomic E-state index is 0. The Morgan fingerprint density at radius 2 is 2.08 bits per heavy atom. The second-order valence-electron chi connectivity index (χ2n) is 6.88. The quantitative estimate of drug-likeness (QED) is 0.777. The summed E-state index contributed by atoms with van der Waals surface area (Å²) in [6, 6.07) is 5.97. The van der Waals surface area contributed by atoms with Crippen molar-refractivity contribution in [2.45, 2.75) is 44.2 Å². The average molecular weight is 425 g/mol. The highest BCUT2D eigenvalue weighted by Gasteiger charge is 2.30. The summed E-state index contributed by atoms with van der Waals surface area (Å²) >= 11 is 6.12. The van der Waals surface area contributed by atoms with E-state index >= 15 is 0 Å². The number of hydrogen-bond acceptors (Lipinski definition) is 4. The molecule has 1 amide bonds. The van der Waals surface area contributed by atoms with Gasteiger partial charge in [0, 0.05) is 36.1 Å². The molecule has 0 spiro atoms. The molecule has 2 aliphatic rings. The van der Waals surface area contributed by atoms with E-state index in [0.717, 1.165) is 56.6 Å². The number of ether oxygens (including phenoxy) is 1. The maximum Gasteiger partial charge on any atom is 0.223 e. The van der Waals surface area contributed by atoms with Gasteiger partial charge in [-0.3, -0.25) is 4.79 Å². The predicted molar refractivity (Wildman–Crippen MR) is 111 cm³/mol. The van der Waals surface area contributed by atoms with Crippen LogP contribution in [0.1, 0.15) is 32.1 Å². The van der Waals surface area contributed by atoms with E-state index in [2.05, 4.69) is 10.2 Å². The summed E-state index contributed by atoms with van der Waals surface area (Å²) in [4.78, 5) is 14.7. The molecule has 26 heavy (non-hydrogen) atoms. The van der Waals surface area contributed by atoms with Crippen LogP contribution in [0.4, 0.5) is 5.69 Å². The van der Waals surface area contributed by atoms with Gasteiger partial charge in [0.1, 0.15) is 5.75 Å². The van der Waals surface area contributed by atoms with Crippen LogP contribution in [0.25, 0.3) is 0 Å². The summed E-state index contributed by atoms with van der Waals surface area (Å²) in [6.07, 6.45) is 4.79. The van der Waals surface area contributed by atoms with Crippen molar-refractivity contribution in [2.24, 2.45) is 11.7 Å². The zero-order valence-corrected chi connectivity index (χ0v) is 17.3. The van der Waals surface area contributed by atoms with Crippen molar-refractivity contribution < 1.29 is 9.53 Å². The van der Waals surface area contributed by atoms with E-state index < -0.39 is 0 Å². The molecular formula is C18H28Cl3N3O2. The van der Waals surface area contributed by atoms with Gasteiger partial charge in [-0.05, 0) is 43.9 Å². The summed E-state index contributed by atoms with van der Waals surface area (Å²) in [5, 5.41) is 3.90. The van der Waals surface area contributed by atoms with Crippen LogP contribution in [-0.2, 0) is 4.79 Å². The van der Waals surface area contributed by atoms with Crippen molar-refractivity contribution in [1.82, 2.24) is 5.32 Å². The minimum absolute atomic E-state index is 0. The highest BCUT2D eigenvalue weighted by atomic mass is 35.5. The molecule has 3 atom stereocenters. The number of nitrogens with two attached hydrogens (primary N) is 1. The number of hydrogen-bond donors (Lipinski definition) is 2. The van der Waals surface area contributed by atoms with Crippen LogP contribution < -0.4 is 20.7 Å². The van der Waals surface area contributed by atoms with Gasteiger partial charge in [-0.25, -0.2) is 0 Å². The number of benzene rings is 1. The summed E-state index contributed by atoms with van der Waals surface area (Å²) in [5.41, 5.74) is 6.99. The Bertz CT molecular complexity index is 603. The molecule has 1 aliphatic heterocycles. The van der Waals surface area contributed by atoms with Crippen LogP contribution in [0.5, 0.6) is 5.75 Å². The van der Waals surface area contributed by atoms with Gasteiger partial charge in [0.15, 0.2) is 0 Å². The van der Waals surface area contributed by atoms with Crippen molar-refractivity contribution in [1.29, 1.82) is 0 Å². The minimum Gasteiger partial charge on any atom is -0.495 e. The van der Waals surface area contributed by atoms with Gasteiger partial charge in [0.05, 0.1) is 12.8 Å². The number of halogens is 3. The Morgan fingerprint density at radius 3 is 2.77 bits per heavy atom. The Hall–Kier alpha value is -0.880. The van der Waals surface area contributed by atoms with Crippen LogP contribution in [-0.4, -0.2) is 38.2 Å². The van der Waals surface area contributed by atoms with Gasteiger partial charge in [0.2, 0.25) is 5.91 Å². The lowest BCUT2D eigenvalue weighted by Gasteiger charge is -2.27. The van der Waals surface area contributed by atoms with E-state index in [4.69, 9.17) is 22.1 Å². The standard InChI is InChI=1S/C18H26ClN3O2.2ClH/c1-24-17-6-5-13(19)10-16(17)22-8-7-15(11-22)21-18(23)12-3-2-4-14(20)9-12;;/h5-6,10,12,14-15H,2-4,7-9,11,20H2,1H3,(H,21,23);2*1H. The first-order chi connectivity index (χ1) is 11.6. The van der Waals surface area contributed by atoms with Crippen molar-refractivity contribution in [3.8, 4) is 5.75 Å². The van der Waals surface area contributed by atoms with Crippen LogP contribution >= 0.6 is 36.4 Å². The highest BCUT2D eigenvalue weighted by molar-refractivity contribution is 6.30. The molecule has 0 aromatic heterocycles. The third-order valence-corrected chi connectivity index (χ3v) is 5.34. The molecule has 1 heterocycles. The van der Waals surface area contributed by atoms with Gasteiger partial charge >= 0.3 is 0 Å². The molecule has 3 N–H and O–H groups in total. The fourth-order valence-electron chi connectivity index (χ4n) is 3.79. The first-order valence-electron chi connectivity index (χ1n) is 8.71. The molecule has 3 unspecified atom stereocenters. The second-order valence-corrected chi connectivity index (χ2v) is 7.32. The molecule has 1 aromatic rings. The molecule has 8 heteroatoms. The van der Waals surface area contributed by atoms with Crippen LogP contribution in [0.15, 0.2) is 18.2 Å². The molecule has 5 nitrogen and oxygen atoms in total. The maximum absolute atomic E-state index is 12.5. The lowest BCUT2D eigenvalue weighted by molar-refractivity contribution is -0.126. The van der Waals surface area contributed by atoms with Crippen molar-refractivity contribution >= 4 is 48.0 Å². The van der Waals surface area contributed by atoms with E-state index in [1.165, 1.54) is 0 Å². The lowest BCUT2D eigenvalue weighted by Crippen LogP contribution is -2.43. The lowest BCUT2D eigenvalue weighted by atomic mass is 9.85. The molecule has 2 fully saturated rings. The number of anilines is 1. The molecule has 3 rings (SSSR count). The fourth-order valence-corrected chi connectivity index (χ4v) is 3.96. The number of methoxy groups -OCH3 is 1. The Balaban J connectivity index is 0.00000169. The van der Waals surface area contributed by atoms with Crippen molar-refractivity contribution in [2.75, 3.05) is 25.1 Å². The van der Waals surface area contributed by atoms with E-state index in [0.29, 0.717) is 5.02 Å². The molecule has 0 bridgehead atoms. The van der Waals surface area contributed by atoms with E-state index in [1.54, 1.807) is 7.11 Å².